The topological polar surface area (TPSA) is 114 Å². The van der Waals surface area contributed by atoms with Crippen molar-refractivity contribution in [2.45, 2.75) is 58.4 Å². The monoisotopic (exact) mass is 792 g/mol. The second kappa shape index (κ2) is 20.2. The van der Waals surface area contributed by atoms with Crippen molar-refractivity contribution in [2.75, 3.05) is 14.2 Å². The largest absolute Gasteiger partial charge is 0.481 e. The number of benzene rings is 2. The van der Waals surface area contributed by atoms with Crippen LogP contribution in [0.15, 0.2) is 107 Å². The summed E-state index contributed by atoms with van der Waals surface area (Å²) in [5.74, 6) is 0.983. The van der Waals surface area contributed by atoms with Crippen LogP contribution < -0.4 is 20.3 Å². The quantitative estimate of drug-likeness (QED) is 0.0808. The number of hydrogen-bond acceptors (Lipinski definition) is 9. The second-order valence-corrected chi connectivity index (χ2v) is 13.9. The van der Waals surface area contributed by atoms with Gasteiger partial charge in [-0.2, -0.15) is 0 Å². The van der Waals surface area contributed by atoms with E-state index in [9.17, 15) is 14.2 Å². The highest BCUT2D eigenvalue weighted by Crippen LogP contribution is 2.49. The van der Waals surface area contributed by atoms with E-state index in [-0.39, 0.29) is 45.6 Å². The first-order valence-electron chi connectivity index (χ1n) is 15.0. The Labute approximate surface area is 291 Å². The van der Waals surface area contributed by atoms with E-state index in [1.807, 2.05) is 72.8 Å². The average molecular weight is 794 g/mol. The van der Waals surface area contributed by atoms with Gasteiger partial charge in [-0.3, -0.25) is 14.2 Å². The van der Waals surface area contributed by atoms with E-state index in [0.29, 0.717) is 17.0 Å². The molecule has 47 heavy (non-hydrogen) atoms. The average Bonchev–Trinajstić information content (AvgIpc) is 3.07. The van der Waals surface area contributed by atoms with Crippen LogP contribution in [0.1, 0.15) is 61.7 Å². The van der Waals surface area contributed by atoms with Gasteiger partial charge in [0.2, 0.25) is 31.7 Å². The number of unbranched alkanes of at least 4 members (excludes halogenated alkanes) is 4. The first kappa shape index (κ1) is 38.2. The van der Waals surface area contributed by atoms with Gasteiger partial charge in [0.15, 0.2) is 0 Å². The lowest BCUT2D eigenvalue weighted by atomic mass is 10.1. The van der Waals surface area contributed by atoms with Crippen molar-refractivity contribution < 1.29 is 31.9 Å². The van der Waals surface area contributed by atoms with E-state index in [1.165, 1.54) is 45.6 Å². The highest BCUT2D eigenvalue weighted by Gasteiger charge is 2.25. The zero-order valence-electron chi connectivity index (χ0n) is 26.6. The van der Waals surface area contributed by atoms with Gasteiger partial charge in [0.05, 0.1) is 0 Å². The summed E-state index contributed by atoms with van der Waals surface area (Å²) in [5, 5.41) is 0. The zero-order chi connectivity index (χ0) is 34.1. The molecule has 2 aromatic carbocycles. The van der Waals surface area contributed by atoms with Gasteiger partial charge >= 0.3 is 7.60 Å². The van der Waals surface area contributed by atoms with Crippen molar-refractivity contribution in [3.63, 3.8) is 0 Å². The summed E-state index contributed by atoms with van der Waals surface area (Å²) in [7, 11) is -0.770. The summed E-state index contributed by atoms with van der Waals surface area (Å²) >= 11 is 6.45. The van der Waals surface area contributed by atoms with Crippen LogP contribution in [0.2, 0.25) is 0 Å². The van der Waals surface area contributed by atoms with E-state index in [4.69, 9.17) is 27.4 Å². The van der Waals surface area contributed by atoms with Crippen LogP contribution in [-0.4, -0.2) is 14.2 Å². The number of ether oxygens (including phenoxy) is 2. The molecule has 0 amide bonds. The van der Waals surface area contributed by atoms with Crippen LogP contribution in [0.4, 0.5) is 0 Å². The molecule has 0 bridgehead atoms. The summed E-state index contributed by atoms with van der Waals surface area (Å²) in [4.78, 5) is 24.4. The summed E-state index contributed by atoms with van der Waals surface area (Å²) in [5.41, 5.74) is 1.36. The maximum absolute atomic E-state index is 12.2. The molecule has 2 heterocycles. The van der Waals surface area contributed by atoms with Gasteiger partial charge < -0.3 is 27.4 Å². The van der Waals surface area contributed by atoms with Gasteiger partial charge in [-0.05, 0) is 61.9 Å². The first-order valence-corrected chi connectivity index (χ1v) is 18.4. The first-order chi connectivity index (χ1) is 22.7. The molecular weight excluding hydrogens is 755 g/mol. The molecule has 9 nitrogen and oxygen atoms in total. The number of halogens is 2. The molecule has 0 atom stereocenters. The smallest absolute Gasteiger partial charge is 0.337 e. The molecule has 0 saturated carbocycles. The Kier molecular flexibility index (Phi) is 16.5. The molecule has 12 heteroatoms. The van der Waals surface area contributed by atoms with E-state index in [0.717, 1.165) is 24.0 Å². The van der Waals surface area contributed by atoms with Crippen LogP contribution in [0.3, 0.4) is 0 Å². The predicted molar refractivity (Wildman–Crippen MR) is 190 cm³/mol. The van der Waals surface area contributed by atoms with E-state index in [1.54, 1.807) is 0 Å². The molecule has 0 radical (unpaired) electrons. The van der Waals surface area contributed by atoms with Crippen molar-refractivity contribution in [3.05, 3.63) is 131 Å². The van der Waals surface area contributed by atoms with Crippen LogP contribution in [-0.2, 0) is 33.0 Å². The maximum atomic E-state index is 12.2. The van der Waals surface area contributed by atoms with Crippen LogP contribution in [0.25, 0.3) is 6.08 Å². The van der Waals surface area contributed by atoms with Crippen molar-refractivity contribution >= 4 is 45.5 Å². The molecule has 0 aliphatic carbocycles. The standard InChI is InChI=1S/C20H23BrO3.C15H16BrO6P/c1-2-3-4-5-6-10-13-17-14-18(22)19(20(21)24-17)23-15-16-11-8-7-9-12-16;1-19-23(18,20-2)10-12-8-13(17)14(15(16)22-12)21-9-11-6-4-3-5-7-11/h7-14H,2-6,15H2,1H3;3-8H,9-10H2,1-2H3. The lowest BCUT2D eigenvalue weighted by Crippen LogP contribution is -2.09. The highest BCUT2D eigenvalue weighted by molar-refractivity contribution is 9.10. The SMILES string of the molecule is CCCCCCC=Cc1cc(=O)c(OCc2ccccc2)c(Br)o1.COP(=O)(Cc1cc(=O)c(OCc2ccccc2)c(Br)o1)OC. The Balaban J connectivity index is 0.000000256. The molecule has 4 aromatic rings. The molecule has 0 unspecified atom stereocenters. The van der Waals surface area contributed by atoms with E-state index in [2.05, 4.69) is 38.8 Å². The van der Waals surface area contributed by atoms with Crippen LogP contribution in [0.5, 0.6) is 11.5 Å². The van der Waals surface area contributed by atoms with Gasteiger partial charge in [0, 0.05) is 26.4 Å². The van der Waals surface area contributed by atoms with Crippen molar-refractivity contribution in [2.24, 2.45) is 0 Å². The fourth-order valence-corrected chi connectivity index (χ4v) is 6.09. The Bertz CT molecular complexity index is 1710. The fraction of sp³-hybridized carbons (Fsp3) is 0.314. The van der Waals surface area contributed by atoms with Gasteiger partial charge in [-0.1, -0.05) is 92.9 Å². The zero-order valence-corrected chi connectivity index (χ0v) is 30.7. The molecule has 0 spiro atoms. The molecule has 0 saturated heterocycles. The van der Waals surface area contributed by atoms with Gasteiger partial charge in [0.1, 0.15) is 30.9 Å². The van der Waals surface area contributed by atoms with E-state index >= 15 is 0 Å². The Morgan fingerprint density at radius 2 is 1.28 bits per heavy atom. The molecule has 2 aromatic heterocycles. The van der Waals surface area contributed by atoms with Gasteiger partial charge in [-0.25, -0.2) is 0 Å². The van der Waals surface area contributed by atoms with Gasteiger partial charge in [0.25, 0.3) is 0 Å². The molecule has 0 N–H and O–H groups in total. The Hall–Kier alpha value is -3.21. The van der Waals surface area contributed by atoms with E-state index < -0.39 is 7.60 Å². The molecule has 0 fully saturated rings. The lowest BCUT2D eigenvalue weighted by Gasteiger charge is -2.13. The van der Waals surface area contributed by atoms with Crippen molar-refractivity contribution in [1.29, 1.82) is 0 Å². The molecule has 4 rings (SSSR count). The summed E-state index contributed by atoms with van der Waals surface area (Å²) < 4.78 is 44.4. The second-order valence-electron chi connectivity index (χ2n) is 10.2. The van der Waals surface area contributed by atoms with Crippen molar-refractivity contribution in [1.82, 2.24) is 0 Å². The lowest BCUT2D eigenvalue weighted by molar-refractivity contribution is 0.267. The summed E-state index contributed by atoms with van der Waals surface area (Å²) in [6.45, 7) is 2.76. The van der Waals surface area contributed by atoms with Gasteiger partial charge in [-0.15, -0.1) is 0 Å². The minimum absolute atomic E-state index is 0.0577. The van der Waals surface area contributed by atoms with Crippen LogP contribution >= 0.6 is 39.5 Å². The molecular formula is C35H39Br2O9P. The van der Waals surface area contributed by atoms with Crippen LogP contribution in [0, 0.1) is 0 Å². The number of rotatable bonds is 16. The normalized spacial score (nSPS) is 11.3. The summed E-state index contributed by atoms with van der Waals surface area (Å²) in [6, 6.07) is 21.8. The number of allylic oxidation sites excluding steroid dienone is 1. The number of hydrogen-bond donors (Lipinski definition) is 0. The highest BCUT2D eigenvalue weighted by atomic mass is 79.9. The predicted octanol–water partition coefficient (Wildman–Crippen LogP) is 9.93. The Morgan fingerprint density at radius 3 is 1.77 bits per heavy atom. The molecule has 0 aliphatic rings. The fourth-order valence-electron chi connectivity index (χ4n) is 4.13. The third kappa shape index (κ3) is 13.1. The third-order valence-electron chi connectivity index (χ3n) is 6.66. The summed E-state index contributed by atoms with van der Waals surface area (Å²) in [6.07, 6.45) is 9.64. The minimum atomic E-state index is -3.32. The maximum Gasteiger partial charge on any atom is 0.337 e. The third-order valence-corrected chi connectivity index (χ3v) is 9.52. The Morgan fingerprint density at radius 1 is 0.745 bits per heavy atom. The molecule has 252 valence electrons. The minimum Gasteiger partial charge on any atom is -0.481 e. The van der Waals surface area contributed by atoms with Crippen molar-refractivity contribution in [3.8, 4) is 11.5 Å². The molecule has 0 aliphatic heterocycles.